The fraction of sp³-hybridized carbons (Fsp3) is 0.556. The van der Waals surface area contributed by atoms with Crippen LogP contribution < -0.4 is 0 Å². The summed E-state index contributed by atoms with van der Waals surface area (Å²) in [5.74, 6) is -0.761. The van der Waals surface area contributed by atoms with E-state index in [1.807, 2.05) is 0 Å². The Balaban J connectivity index is 2.20. The minimum absolute atomic E-state index is 0.166. The van der Waals surface area contributed by atoms with E-state index in [2.05, 4.69) is 5.16 Å². The Kier molecular flexibility index (Phi) is 1.83. The van der Waals surface area contributed by atoms with Crippen LogP contribution in [-0.4, -0.2) is 16.2 Å². The van der Waals surface area contributed by atoms with Crippen LogP contribution >= 0.6 is 0 Å². The maximum Gasteiger partial charge on any atom is 0.304 e. The number of carboxylic acids is 1. The standard InChI is InChI=1S/C9H11NO3/c11-8(12)6-9(3-1-4-9)7-2-5-13-10-7/h2,5H,1,3-4,6H2,(H,11,12). The maximum absolute atomic E-state index is 10.6. The monoisotopic (exact) mass is 181 g/mol. The van der Waals surface area contributed by atoms with Crippen LogP contribution in [0.5, 0.6) is 0 Å². The molecule has 2 rings (SSSR count). The van der Waals surface area contributed by atoms with Crippen LogP contribution in [0.1, 0.15) is 31.4 Å². The third kappa shape index (κ3) is 1.32. The first-order valence-electron chi connectivity index (χ1n) is 4.36. The molecule has 0 aliphatic heterocycles. The number of hydrogen-bond acceptors (Lipinski definition) is 3. The number of hydrogen-bond donors (Lipinski definition) is 1. The molecule has 1 aliphatic rings. The zero-order valence-corrected chi connectivity index (χ0v) is 7.19. The molecule has 0 radical (unpaired) electrons. The van der Waals surface area contributed by atoms with Crippen LogP contribution in [0.2, 0.25) is 0 Å². The molecule has 0 amide bonds. The number of carboxylic acid groups (broad SMARTS) is 1. The molecule has 0 unspecified atom stereocenters. The van der Waals surface area contributed by atoms with Crippen LogP contribution in [0.15, 0.2) is 16.9 Å². The zero-order chi connectivity index (χ0) is 9.31. The quantitative estimate of drug-likeness (QED) is 0.768. The molecule has 1 saturated carbocycles. The number of aromatic nitrogens is 1. The highest BCUT2D eigenvalue weighted by atomic mass is 16.5. The first-order chi connectivity index (χ1) is 6.23. The molecule has 1 aromatic rings. The van der Waals surface area contributed by atoms with Crippen molar-refractivity contribution >= 4 is 5.97 Å². The molecule has 1 fully saturated rings. The van der Waals surface area contributed by atoms with Crippen LogP contribution in [-0.2, 0) is 10.2 Å². The summed E-state index contributed by atoms with van der Waals surface area (Å²) in [6, 6.07) is 1.77. The molecule has 4 nitrogen and oxygen atoms in total. The Labute approximate surface area is 75.5 Å². The van der Waals surface area contributed by atoms with E-state index < -0.39 is 5.97 Å². The van der Waals surface area contributed by atoms with Gasteiger partial charge >= 0.3 is 5.97 Å². The zero-order valence-electron chi connectivity index (χ0n) is 7.19. The maximum atomic E-state index is 10.6. The van der Waals surface area contributed by atoms with Crippen molar-refractivity contribution in [2.45, 2.75) is 31.1 Å². The van der Waals surface area contributed by atoms with Gasteiger partial charge in [-0.15, -0.1) is 0 Å². The summed E-state index contributed by atoms with van der Waals surface area (Å²) < 4.78 is 4.74. The topological polar surface area (TPSA) is 63.3 Å². The Hall–Kier alpha value is -1.32. The number of carbonyl (C=O) groups is 1. The third-order valence-electron chi connectivity index (χ3n) is 2.78. The van der Waals surface area contributed by atoms with Crippen molar-refractivity contribution in [3.05, 3.63) is 18.0 Å². The van der Waals surface area contributed by atoms with E-state index in [-0.39, 0.29) is 11.8 Å². The number of rotatable bonds is 3. The van der Waals surface area contributed by atoms with Crippen molar-refractivity contribution in [2.24, 2.45) is 0 Å². The minimum Gasteiger partial charge on any atom is -0.481 e. The van der Waals surface area contributed by atoms with Crippen LogP contribution in [0, 0.1) is 0 Å². The molecule has 13 heavy (non-hydrogen) atoms. The predicted molar refractivity (Wildman–Crippen MR) is 44.3 cm³/mol. The molecular formula is C9H11NO3. The van der Waals surface area contributed by atoms with Gasteiger partial charge in [-0.3, -0.25) is 4.79 Å². The minimum atomic E-state index is -0.761. The highest BCUT2D eigenvalue weighted by molar-refractivity contribution is 5.69. The Morgan fingerprint density at radius 1 is 1.69 bits per heavy atom. The molecular weight excluding hydrogens is 170 g/mol. The van der Waals surface area contributed by atoms with Gasteiger partial charge in [0.15, 0.2) is 0 Å². The van der Waals surface area contributed by atoms with E-state index in [0.29, 0.717) is 0 Å². The van der Waals surface area contributed by atoms with E-state index in [9.17, 15) is 4.79 Å². The lowest BCUT2D eigenvalue weighted by molar-refractivity contribution is -0.139. The highest BCUT2D eigenvalue weighted by Gasteiger charge is 2.42. The second kappa shape index (κ2) is 2.87. The Bertz CT molecular complexity index is 301. The lowest BCUT2D eigenvalue weighted by Gasteiger charge is -2.38. The molecule has 1 aliphatic carbocycles. The van der Waals surface area contributed by atoms with Crippen molar-refractivity contribution in [1.29, 1.82) is 0 Å². The van der Waals surface area contributed by atoms with Gasteiger partial charge in [0.05, 0.1) is 12.1 Å². The lowest BCUT2D eigenvalue weighted by atomic mass is 9.64. The summed E-state index contributed by atoms with van der Waals surface area (Å²) in [4.78, 5) is 10.6. The van der Waals surface area contributed by atoms with Gasteiger partial charge < -0.3 is 9.63 Å². The van der Waals surface area contributed by atoms with Crippen molar-refractivity contribution in [1.82, 2.24) is 5.16 Å². The molecule has 0 atom stereocenters. The largest absolute Gasteiger partial charge is 0.481 e. The van der Waals surface area contributed by atoms with Crippen molar-refractivity contribution in [2.75, 3.05) is 0 Å². The number of nitrogens with zero attached hydrogens (tertiary/aromatic N) is 1. The summed E-state index contributed by atoms with van der Waals surface area (Å²) in [5, 5.41) is 12.6. The molecule has 1 heterocycles. The Morgan fingerprint density at radius 3 is 2.85 bits per heavy atom. The molecule has 1 N–H and O–H groups in total. The summed E-state index contributed by atoms with van der Waals surface area (Å²) in [6.45, 7) is 0. The summed E-state index contributed by atoms with van der Waals surface area (Å²) in [6.07, 6.45) is 4.56. The lowest BCUT2D eigenvalue weighted by Crippen LogP contribution is -2.36. The highest BCUT2D eigenvalue weighted by Crippen LogP contribution is 2.45. The summed E-state index contributed by atoms with van der Waals surface area (Å²) in [7, 11) is 0. The van der Waals surface area contributed by atoms with Crippen LogP contribution in [0.25, 0.3) is 0 Å². The van der Waals surface area contributed by atoms with E-state index >= 15 is 0 Å². The van der Waals surface area contributed by atoms with Gasteiger partial charge in [-0.25, -0.2) is 0 Å². The average molecular weight is 181 g/mol. The van der Waals surface area contributed by atoms with Gasteiger partial charge in [-0.05, 0) is 12.8 Å². The van der Waals surface area contributed by atoms with Gasteiger partial charge in [-0.1, -0.05) is 11.6 Å². The number of aliphatic carboxylic acids is 1. The van der Waals surface area contributed by atoms with E-state index in [4.69, 9.17) is 9.63 Å². The smallest absolute Gasteiger partial charge is 0.304 e. The van der Waals surface area contributed by atoms with E-state index in [0.717, 1.165) is 25.0 Å². The molecule has 0 saturated heterocycles. The van der Waals surface area contributed by atoms with Crippen LogP contribution in [0.3, 0.4) is 0 Å². The van der Waals surface area contributed by atoms with Crippen molar-refractivity contribution < 1.29 is 14.4 Å². The summed E-state index contributed by atoms with van der Waals surface area (Å²) in [5.41, 5.74) is 0.555. The van der Waals surface area contributed by atoms with Gasteiger partial charge in [0.2, 0.25) is 0 Å². The molecule has 0 aromatic carbocycles. The Morgan fingerprint density at radius 2 is 2.46 bits per heavy atom. The van der Waals surface area contributed by atoms with Gasteiger partial charge in [0, 0.05) is 11.5 Å². The fourth-order valence-electron chi connectivity index (χ4n) is 1.90. The van der Waals surface area contributed by atoms with Crippen molar-refractivity contribution in [3.8, 4) is 0 Å². The molecule has 70 valence electrons. The van der Waals surface area contributed by atoms with Gasteiger partial charge in [0.1, 0.15) is 6.26 Å². The average Bonchev–Trinajstić information content (AvgIpc) is 2.48. The third-order valence-corrected chi connectivity index (χ3v) is 2.78. The molecule has 0 bridgehead atoms. The van der Waals surface area contributed by atoms with Crippen LogP contribution in [0.4, 0.5) is 0 Å². The normalized spacial score (nSPS) is 19.4. The fourth-order valence-corrected chi connectivity index (χ4v) is 1.90. The van der Waals surface area contributed by atoms with E-state index in [1.165, 1.54) is 6.26 Å². The molecule has 0 spiro atoms. The van der Waals surface area contributed by atoms with Gasteiger partial charge in [-0.2, -0.15) is 0 Å². The molecule has 1 aromatic heterocycles. The first kappa shape index (κ1) is 8.29. The van der Waals surface area contributed by atoms with E-state index in [1.54, 1.807) is 6.07 Å². The first-order valence-corrected chi connectivity index (χ1v) is 4.36. The SMILES string of the molecule is O=C(O)CC1(c2ccon2)CCC1. The molecule has 4 heteroatoms. The van der Waals surface area contributed by atoms with Gasteiger partial charge in [0.25, 0.3) is 0 Å². The second-order valence-corrected chi connectivity index (χ2v) is 3.59. The predicted octanol–water partition coefficient (Wildman–Crippen LogP) is 1.57. The summed E-state index contributed by atoms with van der Waals surface area (Å²) >= 11 is 0. The van der Waals surface area contributed by atoms with Crippen molar-refractivity contribution in [3.63, 3.8) is 0 Å². The second-order valence-electron chi connectivity index (χ2n) is 3.59.